The normalized spacial score (nSPS) is 25.2. The molecule has 3 atom stereocenters. The topological polar surface area (TPSA) is 74.6 Å². The molecule has 0 radical (unpaired) electrons. The highest BCUT2D eigenvalue weighted by Gasteiger charge is 2.48. The van der Waals surface area contributed by atoms with Crippen LogP contribution in [0.3, 0.4) is 0 Å². The van der Waals surface area contributed by atoms with E-state index in [4.69, 9.17) is 10.2 Å². The summed E-state index contributed by atoms with van der Waals surface area (Å²) in [5.41, 5.74) is 0.570. The van der Waals surface area contributed by atoms with Crippen molar-refractivity contribution in [3.63, 3.8) is 0 Å². The predicted molar refractivity (Wildman–Crippen MR) is 84.3 cm³/mol. The van der Waals surface area contributed by atoms with Crippen LogP contribution < -0.4 is 0 Å². The van der Waals surface area contributed by atoms with Crippen molar-refractivity contribution in [3.05, 3.63) is 34.9 Å². The zero-order valence-corrected chi connectivity index (χ0v) is 13.4. The van der Waals surface area contributed by atoms with Gasteiger partial charge in [-0.1, -0.05) is 19.9 Å². The van der Waals surface area contributed by atoms with Crippen LogP contribution in [0, 0.1) is 30.6 Å². The molecular weight excluding hydrogens is 280 g/mol. The van der Waals surface area contributed by atoms with Crippen molar-refractivity contribution >= 4 is 11.9 Å². The molecule has 2 aliphatic rings. The zero-order chi connectivity index (χ0) is 16.4. The highest BCUT2D eigenvalue weighted by Crippen LogP contribution is 2.57. The number of carboxylic acid groups (broad SMARTS) is 2. The summed E-state index contributed by atoms with van der Waals surface area (Å²) in [6, 6.07) is 4.01. The number of fused-ring (bicyclic) bond motifs is 1. The van der Waals surface area contributed by atoms with Crippen LogP contribution in [0.1, 0.15) is 59.4 Å². The summed E-state index contributed by atoms with van der Waals surface area (Å²) in [4.78, 5) is 21.1. The lowest BCUT2D eigenvalue weighted by molar-refractivity contribution is 0.0695. The fraction of sp³-hybridized carbons (Fsp3) is 0.556. The molecule has 0 heterocycles. The molecule has 2 aliphatic carbocycles. The standard InChI is InChI=1S/C9H8O4.C9H16/c1-5-2-3-6(8(10)11)4-7(5)9(12)13;1-6(2)8-4-3-7-5-9(7)8/h2-4H,1H3,(H,10,11)(H,12,13);6-9H,3-5H2,1-2H3. The van der Waals surface area contributed by atoms with Gasteiger partial charge in [0.2, 0.25) is 0 Å². The van der Waals surface area contributed by atoms with E-state index in [0.717, 1.165) is 17.9 Å². The van der Waals surface area contributed by atoms with E-state index in [1.807, 2.05) is 0 Å². The van der Waals surface area contributed by atoms with Gasteiger partial charge >= 0.3 is 11.9 Å². The summed E-state index contributed by atoms with van der Waals surface area (Å²) in [6.07, 6.45) is 4.66. The van der Waals surface area contributed by atoms with Gasteiger partial charge in [0.05, 0.1) is 11.1 Å². The molecule has 0 amide bonds. The number of hydrogen-bond donors (Lipinski definition) is 2. The van der Waals surface area contributed by atoms with E-state index in [1.165, 1.54) is 30.4 Å². The molecular formula is C18H24O4. The minimum absolute atomic E-state index is 0.0111. The molecule has 4 heteroatoms. The van der Waals surface area contributed by atoms with Crippen LogP contribution in [0.4, 0.5) is 0 Å². The Morgan fingerprint density at radius 3 is 2.18 bits per heavy atom. The Morgan fingerprint density at radius 1 is 1.14 bits per heavy atom. The molecule has 2 saturated carbocycles. The van der Waals surface area contributed by atoms with Gasteiger partial charge < -0.3 is 10.2 Å². The summed E-state index contributed by atoms with van der Waals surface area (Å²) in [5, 5.41) is 17.3. The van der Waals surface area contributed by atoms with Gasteiger partial charge in [-0.05, 0) is 67.6 Å². The first kappa shape index (κ1) is 16.5. The lowest BCUT2D eigenvalue weighted by Crippen LogP contribution is -2.06. The van der Waals surface area contributed by atoms with E-state index in [2.05, 4.69) is 13.8 Å². The maximum Gasteiger partial charge on any atom is 0.335 e. The lowest BCUT2D eigenvalue weighted by Gasteiger charge is -2.14. The van der Waals surface area contributed by atoms with Gasteiger partial charge in [-0.25, -0.2) is 9.59 Å². The molecule has 2 N–H and O–H groups in total. The van der Waals surface area contributed by atoms with Crippen molar-refractivity contribution in [2.45, 2.75) is 40.0 Å². The Bertz CT molecular complexity index is 576. The quantitative estimate of drug-likeness (QED) is 0.882. The number of benzene rings is 1. The van der Waals surface area contributed by atoms with Crippen LogP contribution in [0.2, 0.25) is 0 Å². The summed E-state index contributed by atoms with van der Waals surface area (Å²) >= 11 is 0. The van der Waals surface area contributed by atoms with Crippen molar-refractivity contribution in [1.29, 1.82) is 0 Å². The van der Waals surface area contributed by atoms with Gasteiger partial charge in [-0.3, -0.25) is 0 Å². The maximum absolute atomic E-state index is 10.6. The second kappa shape index (κ2) is 6.51. The SMILES string of the molecule is CC(C)C1CCC2CC21.Cc1ccc(C(=O)O)cc1C(=O)O. The monoisotopic (exact) mass is 304 g/mol. The number of hydrogen-bond acceptors (Lipinski definition) is 2. The Balaban J connectivity index is 0.000000170. The molecule has 0 aromatic heterocycles. The minimum atomic E-state index is -1.12. The van der Waals surface area contributed by atoms with Gasteiger partial charge in [0.15, 0.2) is 0 Å². The van der Waals surface area contributed by atoms with E-state index in [1.54, 1.807) is 19.8 Å². The third-order valence-electron chi connectivity index (χ3n) is 4.97. The van der Waals surface area contributed by atoms with E-state index in [-0.39, 0.29) is 11.1 Å². The minimum Gasteiger partial charge on any atom is -0.478 e. The molecule has 4 nitrogen and oxygen atoms in total. The molecule has 2 fully saturated rings. The van der Waals surface area contributed by atoms with Gasteiger partial charge in [0, 0.05) is 0 Å². The number of aryl methyl sites for hydroxylation is 1. The first-order valence-corrected chi connectivity index (χ1v) is 7.88. The number of carboxylic acids is 2. The molecule has 0 spiro atoms. The van der Waals surface area contributed by atoms with Crippen molar-refractivity contribution in [2.24, 2.45) is 23.7 Å². The largest absolute Gasteiger partial charge is 0.478 e. The van der Waals surface area contributed by atoms with E-state index >= 15 is 0 Å². The van der Waals surface area contributed by atoms with Crippen molar-refractivity contribution < 1.29 is 19.8 Å². The average molecular weight is 304 g/mol. The second-order valence-corrected chi connectivity index (χ2v) is 6.78. The van der Waals surface area contributed by atoms with E-state index < -0.39 is 11.9 Å². The summed E-state index contributed by atoms with van der Waals surface area (Å²) in [5.74, 6) is 2.18. The Kier molecular flexibility index (Phi) is 4.89. The molecule has 1 aromatic rings. The summed E-state index contributed by atoms with van der Waals surface area (Å²) < 4.78 is 0. The molecule has 3 rings (SSSR count). The summed E-state index contributed by atoms with van der Waals surface area (Å²) in [7, 11) is 0. The number of aromatic carboxylic acids is 2. The van der Waals surface area contributed by atoms with Crippen LogP contribution in [0.15, 0.2) is 18.2 Å². The molecule has 3 unspecified atom stereocenters. The number of rotatable bonds is 3. The first-order valence-electron chi connectivity index (χ1n) is 7.88. The van der Waals surface area contributed by atoms with Gasteiger partial charge in [-0.2, -0.15) is 0 Å². The molecule has 0 aliphatic heterocycles. The fourth-order valence-electron chi connectivity index (χ4n) is 3.56. The highest BCUT2D eigenvalue weighted by molar-refractivity contribution is 5.94. The zero-order valence-electron chi connectivity index (χ0n) is 13.4. The van der Waals surface area contributed by atoms with Crippen LogP contribution >= 0.6 is 0 Å². The van der Waals surface area contributed by atoms with Crippen molar-refractivity contribution in [1.82, 2.24) is 0 Å². The van der Waals surface area contributed by atoms with Crippen LogP contribution in [-0.4, -0.2) is 22.2 Å². The average Bonchev–Trinajstić information content (AvgIpc) is 3.09. The van der Waals surface area contributed by atoms with Crippen molar-refractivity contribution in [3.8, 4) is 0 Å². The smallest absolute Gasteiger partial charge is 0.335 e. The van der Waals surface area contributed by atoms with E-state index in [9.17, 15) is 9.59 Å². The van der Waals surface area contributed by atoms with Gasteiger partial charge in [0.25, 0.3) is 0 Å². The third-order valence-corrected chi connectivity index (χ3v) is 4.97. The molecule has 0 saturated heterocycles. The maximum atomic E-state index is 10.6. The van der Waals surface area contributed by atoms with E-state index in [0.29, 0.717) is 5.56 Å². The Labute approximate surface area is 131 Å². The third kappa shape index (κ3) is 3.67. The fourth-order valence-corrected chi connectivity index (χ4v) is 3.56. The highest BCUT2D eigenvalue weighted by atomic mass is 16.4. The summed E-state index contributed by atoms with van der Waals surface area (Å²) in [6.45, 7) is 6.38. The molecule has 1 aromatic carbocycles. The molecule has 120 valence electrons. The van der Waals surface area contributed by atoms with Gasteiger partial charge in [0.1, 0.15) is 0 Å². The first-order chi connectivity index (χ1) is 10.3. The van der Waals surface area contributed by atoms with Crippen LogP contribution in [-0.2, 0) is 0 Å². The van der Waals surface area contributed by atoms with Crippen LogP contribution in [0.25, 0.3) is 0 Å². The predicted octanol–water partition coefficient (Wildman–Crippen LogP) is 4.08. The molecule has 0 bridgehead atoms. The van der Waals surface area contributed by atoms with Crippen molar-refractivity contribution in [2.75, 3.05) is 0 Å². The van der Waals surface area contributed by atoms with Crippen LogP contribution in [0.5, 0.6) is 0 Å². The Morgan fingerprint density at radius 2 is 1.82 bits per heavy atom. The second-order valence-electron chi connectivity index (χ2n) is 6.78. The number of carbonyl (C=O) groups is 2. The van der Waals surface area contributed by atoms with Gasteiger partial charge in [-0.15, -0.1) is 0 Å². The Hall–Kier alpha value is -1.84. The lowest BCUT2D eigenvalue weighted by atomic mass is 9.91. The molecule has 22 heavy (non-hydrogen) atoms.